The molecule has 0 radical (unpaired) electrons. The maximum atomic E-state index is 13.1. The van der Waals surface area contributed by atoms with Crippen LogP contribution in [0.4, 0.5) is 3.89 Å². The number of halogens is 2. The van der Waals surface area contributed by atoms with Gasteiger partial charge < -0.3 is 10.0 Å². The quantitative estimate of drug-likeness (QED) is 0.830. The second kappa shape index (κ2) is 6.29. The molecule has 0 spiro atoms. The first kappa shape index (κ1) is 16.2. The molecular weight excluding hydrogens is 321 g/mol. The summed E-state index contributed by atoms with van der Waals surface area (Å²) in [5, 5.41) is 8.36. The van der Waals surface area contributed by atoms with Gasteiger partial charge in [-0.05, 0) is 24.1 Å². The van der Waals surface area contributed by atoms with Crippen LogP contribution in [0.3, 0.4) is 0 Å². The molecule has 1 aliphatic rings. The van der Waals surface area contributed by atoms with Crippen LogP contribution in [0, 0.1) is 0 Å². The van der Waals surface area contributed by atoms with E-state index in [9.17, 15) is 17.1 Å². The predicted octanol–water partition coefficient (Wildman–Crippen LogP) is 1.66. The van der Waals surface area contributed by atoms with E-state index in [4.69, 9.17) is 16.7 Å². The van der Waals surface area contributed by atoms with Crippen LogP contribution in [0.15, 0.2) is 24.3 Å². The standard InChI is InChI=1S/C13H15ClFNO4S/c14-10-3-1-9(2-4-10)12(5-6-17)16-8-11(7-13(16)18)21(15,19)20/h1-4,11-12,17H,5-8H2. The second-order valence-corrected chi connectivity index (χ2v) is 6.98. The Bertz CT molecular complexity index is 620. The molecule has 5 nitrogen and oxygen atoms in total. The molecule has 1 N–H and O–H groups in total. The molecule has 1 saturated heterocycles. The Morgan fingerprint density at radius 1 is 1.38 bits per heavy atom. The summed E-state index contributed by atoms with van der Waals surface area (Å²) in [7, 11) is -4.75. The molecule has 116 valence electrons. The third-order valence-corrected chi connectivity index (χ3v) is 4.92. The van der Waals surface area contributed by atoms with Crippen molar-refractivity contribution in [3.8, 4) is 0 Å². The molecule has 1 fully saturated rings. The lowest BCUT2D eigenvalue weighted by Crippen LogP contribution is -2.32. The molecule has 0 saturated carbocycles. The number of likely N-dealkylation sites (tertiary alicyclic amines) is 1. The summed E-state index contributed by atoms with van der Waals surface area (Å²) in [4.78, 5) is 13.3. The maximum absolute atomic E-state index is 13.1. The van der Waals surface area contributed by atoms with Gasteiger partial charge in [0.25, 0.3) is 0 Å². The lowest BCUT2D eigenvalue weighted by atomic mass is 10.0. The number of hydrogen-bond donors (Lipinski definition) is 1. The van der Waals surface area contributed by atoms with E-state index in [1.54, 1.807) is 24.3 Å². The number of carbonyl (C=O) groups excluding carboxylic acids is 1. The van der Waals surface area contributed by atoms with Gasteiger partial charge in [0, 0.05) is 24.6 Å². The molecule has 0 aromatic heterocycles. The predicted molar refractivity (Wildman–Crippen MR) is 76.0 cm³/mol. The molecule has 2 unspecified atom stereocenters. The SMILES string of the molecule is O=C1CC(S(=O)(=O)F)CN1C(CCO)c1ccc(Cl)cc1. The summed E-state index contributed by atoms with van der Waals surface area (Å²) >= 11 is 5.81. The molecule has 1 aliphatic heterocycles. The highest BCUT2D eigenvalue weighted by Crippen LogP contribution is 2.31. The van der Waals surface area contributed by atoms with Gasteiger partial charge in [0.2, 0.25) is 5.91 Å². The van der Waals surface area contributed by atoms with E-state index in [0.717, 1.165) is 5.56 Å². The third-order valence-electron chi connectivity index (χ3n) is 3.55. The van der Waals surface area contributed by atoms with Crippen molar-refractivity contribution in [2.45, 2.75) is 24.1 Å². The van der Waals surface area contributed by atoms with Gasteiger partial charge in [-0.1, -0.05) is 23.7 Å². The fraction of sp³-hybridized carbons (Fsp3) is 0.462. The minimum atomic E-state index is -4.75. The van der Waals surface area contributed by atoms with E-state index in [1.807, 2.05) is 0 Å². The molecule has 0 aliphatic carbocycles. The van der Waals surface area contributed by atoms with E-state index in [1.165, 1.54) is 4.90 Å². The number of rotatable bonds is 5. The molecule has 1 aromatic rings. The summed E-state index contributed by atoms with van der Waals surface area (Å²) < 4.78 is 35.0. The van der Waals surface area contributed by atoms with E-state index >= 15 is 0 Å². The van der Waals surface area contributed by atoms with Crippen LogP contribution in [-0.2, 0) is 15.0 Å². The summed E-state index contributed by atoms with van der Waals surface area (Å²) in [5.41, 5.74) is 0.721. The number of aliphatic hydroxyl groups excluding tert-OH is 1. The zero-order chi connectivity index (χ0) is 15.6. The molecule has 2 atom stereocenters. The van der Waals surface area contributed by atoms with Gasteiger partial charge in [-0.25, -0.2) is 0 Å². The van der Waals surface area contributed by atoms with Crippen LogP contribution in [-0.4, -0.2) is 42.7 Å². The molecule has 1 amide bonds. The number of carbonyl (C=O) groups is 1. The zero-order valence-corrected chi connectivity index (χ0v) is 12.6. The van der Waals surface area contributed by atoms with Gasteiger partial charge in [0.1, 0.15) is 5.25 Å². The molecule has 0 bridgehead atoms. The number of amides is 1. The third kappa shape index (κ3) is 3.72. The van der Waals surface area contributed by atoms with Crippen molar-refractivity contribution in [2.75, 3.05) is 13.2 Å². The van der Waals surface area contributed by atoms with Crippen molar-refractivity contribution in [3.05, 3.63) is 34.9 Å². The fourth-order valence-corrected chi connectivity index (χ4v) is 3.30. The minimum absolute atomic E-state index is 0.176. The van der Waals surface area contributed by atoms with Gasteiger partial charge in [-0.3, -0.25) is 4.79 Å². The van der Waals surface area contributed by atoms with Crippen LogP contribution < -0.4 is 0 Å². The maximum Gasteiger partial charge on any atom is 0.307 e. The number of aliphatic hydroxyl groups is 1. The van der Waals surface area contributed by atoms with E-state index in [-0.39, 0.29) is 26.0 Å². The van der Waals surface area contributed by atoms with Gasteiger partial charge >= 0.3 is 10.2 Å². The first-order valence-corrected chi connectivity index (χ1v) is 8.24. The van der Waals surface area contributed by atoms with Crippen LogP contribution in [0.2, 0.25) is 5.02 Å². The zero-order valence-electron chi connectivity index (χ0n) is 11.1. The molecule has 21 heavy (non-hydrogen) atoms. The molecule has 1 heterocycles. The van der Waals surface area contributed by atoms with E-state index < -0.39 is 27.4 Å². The van der Waals surface area contributed by atoms with Crippen molar-refractivity contribution in [2.24, 2.45) is 0 Å². The average Bonchev–Trinajstić information content (AvgIpc) is 2.79. The number of benzene rings is 1. The van der Waals surface area contributed by atoms with Gasteiger partial charge in [-0.15, -0.1) is 3.89 Å². The summed E-state index contributed by atoms with van der Waals surface area (Å²) in [6.07, 6.45) is -0.124. The van der Waals surface area contributed by atoms with Crippen LogP contribution in [0.5, 0.6) is 0 Å². The smallest absolute Gasteiger partial charge is 0.307 e. The minimum Gasteiger partial charge on any atom is -0.396 e. The monoisotopic (exact) mass is 335 g/mol. The van der Waals surface area contributed by atoms with Gasteiger partial charge in [-0.2, -0.15) is 8.42 Å². The van der Waals surface area contributed by atoms with Crippen LogP contribution in [0.25, 0.3) is 0 Å². The normalized spacial score (nSPS) is 20.8. The van der Waals surface area contributed by atoms with Crippen molar-refractivity contribution in [1.29, 1.82) is 0 Å². The van der Waals surface area contributed by atoms with Gasteiger partial charge in [0.15, 0.2) is 0 Å². The average molecular weight is 336 g/mol. The van der Waals surface area contributed by atoms with E-state index in [2.05, 4.69) is 0 Å². The Morgan fingerprint density at radius 3 is 2.48 bits per heavy atom. The van der Waals surface area contributed by atoms with Crippen molar-refractivity contribution >= 4 is 27.7 Å². The first-order valence-electron chi connectivity index (χ1n) is 6.42. The highest BCUT2D eigenvalue weighted by molar-refractivity contribution is 7.87. The van der Waals surface area contributed by atoms with Crippen molar-refractivity contribution in [1.82, 2.24) is 4.90 Å². The van der Waals surface area contributed by atoms with Crippen molar-refractivity contribution < 1.29 is 22.2 Å². The number of nitrogens with zero attached hydrogens (tertiary/aromatic N) is 1. The molecule has 8 heteroatoms. The van der Waals surface area contributed by atoms with E-state index in [0.29, 0.717) is 5.02 Å². The molecule has 2 rings (SSSR count). The summed E-state index contributed by atoms with van der Waals surface area (Å²) in [5.74, 6) is -0.436. The Hall–Kier alpha value is -1.18. The topological polar surface area (TPSA) is 74.7 Å². The molecule has 1 aromatic carbocycles. The van der Waals surface area contributed by atoms with Crippen LogP contribution >= 0.6 is 11.6 Å². The lowest BCUT2D eigenvalue weighted by molar-refractivity contribution is -0.130. The second-order valence-electron chi connectivity index (χ2n) is 4.93. The number of hydrogen-bond acceptors (Lipinski definition) is 4. The first-order chi connectivity index (χ1) is 9.82. The highest BCUT2D eigenvalue weighted by atomic mass is 35.5. The summed E-state index contributed by atoms with van der Waals surface area (Å²) in [6.45, 7) is -0.380. The Balaban J connectivity index is 2.26. The van der Waals surface area contributed by atoms with Crippen LogP contribution in [0.1, 0.15) is 24.4 Å². The fourth-order valence-electron chi connectivity index (χ4n) is 2.50. The lowest BCUT2D eigenvalue weighted by Gasteiger charge is -2.28. The molecular formula is C13H15ClFNO4S. The highest BCUT2D eigenvalue weighted by Gasteiger charge is 2.41. The Morgan fingerprint density at radius 2 is 2.00 bits per heavy atom. The van der Waals surface area contributed by atoms with Gasteiger partial charge in [0.05, 0.1) is 6.04 Å². The summed E-state index contributed by atoms with van der Waals surface area (Å²) in [6, 6.07) is 6.20. The van der Waals surface area contributed by atoms with Crippen molar-refractivity contribution in [3.63, 3.8) is 0 Å². The Labute approximate surface area is 127 Å². The largest absolute Gasteiger partial charge is 0.396 e. The Kier molecular flexibility index (Phi) is 4.85.